The minimum atomic E-state index is -0.310. The largest absolute Gasteiger partial charge is 0.468 e. The third-order valence-corrected chi connectivity index (χ3v) is 5.40. The molecule has 0 aromatic carbocycles. The predicted molar refractivity (Wildman–Crippen MR) is 107 cm³/mol. The molecule has 0 bridgehead atoms. The molecule has 29 heavy (non-hydrogen) atoms. The first-order valence-corrected chi connectivity index (χ1v) is 9.91. The molecule has 150 valence electrons. The highest BCUT2D eigenvalue weighted by Crippen LogP contribution is 2.27. The first kappa shape index (κ1) is 19.1. The summed E-state index contributed by atoms with van der Waals surface area (Å²) in [5.74, 6) is 1.31. The summed E-state index contributed by atoms with van der Waals surface area (Å²) in [7, 11) is 0. The fraction of sp³-hybridized carbons (Fsp3) is 0.364. The average Bonchev–Trinajstić information content (AvgIpc) is 3.49. The maximum atomic E-state index is 13.0. The van der Waals surface area contributed by atoms with Gasteiger partial charge in [0.25, 0.3) is 5.91 Å². The number of aryl methyl sites for hydroxylation is 1. The van der Waals surface area contributed by atoms with E-state index in [0.29, 0.717) is 18.2 Å². The molecule has 1 N–H and O–H groups in total. The van der Waals surface area contributed by atoms with Crippen LogP contribution in [0, 0.1) is 18.3 Å². The second kappa shape index (κ2) is 8.41. The number of likely N-dealkylation sites (tertiary alicyclic amines) is 1. The van der Waals surface area contributed by atoms with Crippen LogP contribution >= 0.6 is 0 Å². The van der Waals surface area contributed by atoms with Crippen molar-refractivity contribution in [2.24, 2.45) is 0 Å². The third kappa shape index (κ3) is 3.84. The second-order valence-electron chi connectivity index (χ2n) is 7.25. The number of carbonyl (C=O) groups excluding carboxylic acids is 1. The van der Waals surface area contributed by atoms with Crippen molar-refractivity contribution in [3.8, 4) is 12.0 Å². The molecule has 1 unspecified atom stereocenters. The standard InChI is InChI=1S/C22H24N4O3/c1-16-20(17(14-23)22(29-16)26-11-5-6-12-26)21(27)24-15-18(19-8-7-13-28-19)25-9-3-2-4-10-25/h5-8,11-13,18H,2-4,9-10,15H2,1H3,(H,24,27). The number of carbonyl (C=O) groups is 1. The summed E-state index contributed by atoms with van der Waals surface area (Å²) >= 11 is 0. The average molecular weight is 392 g/mol. The molecule has 7 nitrogen and oxygen atoms in total. The number of nitrogens with zero attached hydrogens (tertiary/aromatic N) is 3. The quantitative estimate of drug-likeness (QED) is 0.689. The van der Waals surface area contributed by atoms with E-state index in [9.17, 15) is 10.1 Å². The molecule has 0 spiro atoms. The van der Waals surface area contributed by atoms with Crippen molar-refractivity contribution in [2.45, 2.75) is 32.2 Å². The fourth-order valence-electron chi connectivity index (χ4n) is 3.96. The first-order valence-electron chi connectivity index (χ1n) is 9.91. The first-order chi connectivity index (χ1) is 14.2. The number of nitriles is 1. The third-order valence-electron chi connectivity index (χ3n) is 5.40. The Morgan fingerprint density at radius 1 is 1.24 bits per heavy atom. The number of hydrogen-bond donors (Lipinski definition) is 1. The summed E-state index contributed by atoms with van der Waals surface area (Å²) in [5, 5.41) is 12.7. The Balaban J connectivity index is 1.55. The molecule has 4 heterocycles. The summed E-state index contributed by atoms with van der Waals surface area (Å²) in [4.78, 5) is 15.4. The molecule has 1 saturated heterocycles. The topological polar surface area (TPSA) is 87.3 Å². The van der Waals surface area contributed by atoms with Crippen molar-refractivity contribution in [1.82, 2.24) is 14.8 Å². The minimum absolute atomic E-state index is 0.0316. The number of furan rings is 2. The Morgan fingerprint density at radius 3 is 2.66 bits per heavy atom. The van der Waals surface area contributed by atoms with E-state index in [4.69, 9.17) is 8.83 Å². The van der Waals surface area contributed by atoms with Gasteiger partial charge in [-0.2, -0.15) is 5.26 Å². The van der Waals surface area contributed by atoms with Crippen LogP contribution in [0.2, 0.25) is 0 Å². The van der Waals surface area contributed by atoms with Gasteiger partial charge in [0.15, 0.2) is 0 Å². The highest BCUT2D eigenvalue weighted by atomic mass is 16.4. The van der Waals surface area contributed by atoms with Gasteiger partial charge in [-0.1, -0.05) is 6.42 Å². The van der Waals surface area contributed by atoms with Crippen LogP contribution in [0.25, 0.3) is 5.88 Å². The Hall–Kier alpha value is -3.24. The zero-order chi connectivity index (χ0) is 20.2. The van der Waals surface area contributed by atoms with Gasteiger partial charge in [-0.25, -0.2) is 0 Å². The predicted octanol–water partition coefficient (Wildman–Crippen LogP) is 3.80. The van der Waals surface area contributed by atoms with E-state index >= 15 is 0 Å². The van der Waals surface area contributed by atoms with Gasteiger partial charge in [-0.3, -0.25) is 14.3 Å². The van der Waals surface area contributed by atoms with Crippen molar-refractivity contribution in [3.63, 3.8) is 0 Å². The number of piperidine rings is 1. The number of amides is 1. The van der Waals surface area contributed by atoms with Gasteiger partial charge < -0.3 is 14.2 Å². The van der Waals surface area contributed by atoms with Crippen LogP contribution in [0.3, 0.4) is 0 Å². The molecule has 1 amide bonds. The van der Waals surface area contributed by atoms with E-state index in [0.717, 1.165) is 31.7 Å². The Labute approximate surface area is 169 Å². The van der Waals surface area contributed by atoms with E-state index in [1.54, 1.807) is 30.1 Å². The fourth-order valence-corrected chi connectivity index (χ4v) is 3.96. The molecule has 1 atom stereocenters. The Morgan fingerprint density at radius 2 is 2.00 bits per heavy atom. The summed E-state index contributed by atoms with van der Waals surface area (Å²) < 4.78 is 13.1. The van der Waals surface area contributed by atoms with Crippen LogP contribution in [0.4, 0.5) is 0 Å². The lowest BCUT2D eigenvalue weighted by molar-refractivity contribution is 0.0912. The van der Waals surface area contributed by atoms with E-state index in [1.165, 1.54) is 6.42 Å². The second-order valence-corrected chi connectivity index (χ2v) is 7.25. The molecular formula is C22H24N4O3. The van der Waals surface area contributed by atoms with Crippen LogP contribution in [-0.4, -0.2) is 35.0 Å². The number of hydrogen-bond acceptors (Lipinski definition) is 5. The van der Waals surface area contributed by atoms with Gasteiger partial charge in [-0.05, 0) is 57.1 Å². The lowest BCUT2D eigenvalue weighted by Gasteiger charge is -2.33. The highest BCUT2D eigenvalue weighted by Gasteiger charge is 2.28. The van der Waals surface area contributed by atoms with Crippen LogP contribution in [0.15, 0.2) is 51.8 Å². The molecule has 1 fully saturated rings. The van der Waals surface area contributed by atoms with Crippen LogP contribution in [0.1, 0.15) is 52.7 Å². The monoisotopic (exact) mass is 392 g/mol. The molecule has 7 heteroatoms. The van der Waals surface area contributed by atoms with Crippen molar-refractivity contribution >= 4 is 5.91 Å². The van der Waals surface area contributed by atoms with Crippen molar-refractivity contribution in [1.29, 1.82) is 5.26 Å². The van der Waals surface area contributed by atoms with Gasteiger partial charge in [0.1, 0.15) is 28.7 Å². The summed E-state index contributed by atoms with van der Waals surface area (Å²) in [6.45, 7) is 4.07. The SMILES string of the molecule is Cc1oc(-n2cccc2)c(C#N)c1C(=O)NCC(c1ccco1)N1CCCCC1. The molecule has 0 aliphatic carbocycles. The molecule has 4 rings (SSSR count). The van der Waals surface area contributed by atoms with Gasteiger partial charge in [0.2, 0.25) is 5.88 Å². The molecule has 1 aliphatic heterocycles. The van der Waals surface area contributed by atoms with Gasteiger partial charge in [0.05, 0.1) is 12.3 Å². The van der Waals surface area contributed by atoms with E-state index in [1.807, 2.05) is 24.3 Å². The molecule has 0 radical (unpaired) electrons. The molecule has 3 aromatic rings. The maximum Gasteiger partial charge on any atom is 0.256 e. The van der Waals surface area contributed by atoms with E-state index in [2.05, 4.69) is 16.3 Å². The van der Waals surface area contributed by atoms with Crippen molar-refractivity contribution in [3.05, 3.63) is 65.6 Å². The zero-order valence-electron chi connectivity index (χ0n) is 16.4. The molecular weight excluding hydrogens is 368 g/mol. The Bertz CT molecular complexity index is 990. The molecule has 3 aromatic heterocycles. The van der Waals surface area contributed by atoms with Crippen LogP contribution < -0.4 is 5.32 Å². The van der Waals surface area contributed by atoms with Crippen LogP contribution in [0.5, 0.6) is 0 Å². The minimum Gasteiger partial charge on any atom is -0.468 e. The normalized spacial score (nSPS) is 15.7. The number of rotatable bonds is 6. The van der Waals surface area contributed by atoms with E-state index in [-0.39, 0.29) is 23.1 Å². The summed E-state index contributed by atoms with van der Waals surface area (Å²) in [5.41, 5.74) is 0.525. The summed E-state index contributed by atoms with van der Waals surface area (Å²) in [6, 6.07) is 9.58. The van der Waals surface area contributed by atoms with E-state index < -0.39 is 0 Å². The zero-order valence-corrected chi connectivity index (χ0v) is 16.4. The smallest absolute Gasteiger partial charge is 0.256 e. The number of nitrogens with one attached hydrogen (secondary N) is 1. The number of aromatic nitrogens is 1. The Kier molecular flexibility index (Phi) is 5.54. The molecule has 0 saturated carbocycles. The van der Waals surface area contributed by atoms with Crippen molar-refractivity contribution in [2.75, 3.05) is 19.6 Å². The van der Waals surface area contributed by atoms with Crippen LogP contribution in [-0.2, 0) is 0 Å². The van der Waals surface area contributed by atoms with Gasteiger partial charge in [-0.15, -0.1) is 0 Å². The maximum absolute atomic E-state index is 13.0. The lowest BCUT2D eigenvalue weighted by Crippen LogP contribution is -2.40. The molecule has 1 aliphatic rings. The summed E-state index contributed by atoms with van der Waals surface area (Å²) in [6.07, 6.45) is 8.74. The lowest BCUT2D eigenvalue weighted by atomic mass is 10.1. The van der Waals surface area contributed by atoms with Gasteiger partial charge >= 0.3 is 0 Å². The highest BCUT2D eigenvalue weighted by molar-refractivity contribution is 5.98. The van der Waals surface area contributed by atoms with Gasteiger partial charge in [0, 0.05) is 18.9 Å². The van der Waals surface area contributed by atoms with Crippen molar-refractivity contribution < 1.29 is 13.6 Å².